The number of likely N-dealkylation sites (tertiary alicyclic amines) is 1. The van der Waals surface area contributed by atoms with Gasteiger partial charge >= 0.3 is 0 Å². The summed E-state index contributed by atoms with van der Waals surface area (Å²) in [5, 5.41) is 12.6. The number of aliphatic hydroxyl groups excluding tert-OH is 1. The molecule has 1 aliphatic rings. The Balaban J connectivity index is 2.15. The summed E-state index contributed by atoms with van der Waals surface area (Å²) >= 11 is 0. The van der Waals surface area contributed by atoms with Gasteiger partial charge in [0.2, 0.25) is 5.89 Å². The van der Waals surface area contributed by atoms with Crippen molar-refractivity contribution >= 4 is 0 Å². The molecule has 1 aromatic heterocycles. The predicted molar refractivity (Wildman–Crippen MR) is 54.0 cm³/mol. The first kappa shape index (κ1) is 10.6. The Labute approximate surface area is 89.1 Å². The summed E-state index contributed by atoms with van der Waals surface area (Å²) in [7, 11) is 0. The monoisotopic (exact) mass is 211 g/mol. The molecule has 84 valence electrons. The average Bonchev–Trinajstić information content (AvgIpc) is 2.85. The van der Waals surface area contributed by atoms with Gasteiger partial charge in [-0.25, -0.2) is 0 Å². The van der Waals surface area contributed by atoms with Crippen LogP contribution in [0, 0.1) is 0 Å². The zero-order valence-electron chi connectivity index (χ0n) is 9.18. The third kappa shape index (κ3) is 2.03. The Bertz CT molecular complexity index is 324. The van der Waals surface area contributed by atoms with Gasteiger partial charge in [0.15, 0.2) is 5.82 Å². The molecule has 0 bridgehead atoms. The lowest BCUT2D eigenvalue weighted by Gasteiger charge is -2.25. The largest absolute Gasteiger partial charge is 0.388 e. The fraction of sp³-hybridized carbons (Fsp3) is 0.800. The molecule has 0 amide bonds. The molecule has 1 aromatic rings. The van der Waals surface area contributed by atoms with Gasteiger partial charge in [0, 0.05) is 6.04 Å². The maximum Gasteiger partial charge on any atom is 0.244 e. The number of aliphatic hydroxyl groups is 1. The Morgan fingerprint density at radius 2 is 2.40 bits per heavy atom. The first-order valence-corrected chi connectivity index (χ1v) is 5.41. The molecule has 2 rings (SSSR count). The highest BCUT2D eigenvalue weighted by atomic mass is 16.5. The van der Waals surface area contributed by atoms with Crippen molar-refractivity contribution in [3.63, 3.8) is 0 Å². The second-order valence-electron chi connectivity index (χ2n) is 4.20. The maximum atomic E-state index is 8.87. The third-order valence-corrected chi connectivity index (χ3v) is 2.87. The first-order chi connectivity index (χ1) is 7.22. The van der Waals surface area contributed by atoms with E-state index in [1.54, 1.807) is 0 Å². The average molecular weight is 211 g/mol. The van der Waals surface area contributed by atoms with E-state index in [2.05, 4.69) is 28.9 Å². The predicted octanol–water partition coefficient (Wildman–Crippen LogP) is 1.11. The number of rotatable bonds is 3. The van der Waals surface area contributed by atoms with E-state index in [0.717, 1.165) is 13.0 Å². The first-order valence-electron chi connectivity index (χ1n) is 5.41. The zero-order valence-corrected chi connectivity index (χ0v) is 9.18. The molecule has 0 saturated carbocycles. The Morgan fingerprint density at radius 1 is 1.60 bits per heavy atom. The molecule has 5 heteroatoms. The normalized spacial score (nSPS) is 22.8. The summed E-state index contributed by atoms with van der Waals surface area (Å²) in [5.74, 6) is 1.02. The lowest BCUT2D eigenvalue weighted by atomic mass is 10.2. The third-order valence-electron chi connectivity index (χ3n) is 2.87. The van der Waals surface area contributed by atoms with E-state index < -0.39 is 0 Å². The highest BCUT2D eigenvalue weighted by Gasteiger charge is 2.31. The van der Waals surface area contributed by atoms with Gasteiger partial charge in [-0.15, -0.1) is 0 Å². The summed E-state index contributed by atoms with van der Waals surface area (Å²) in [6, 6.07) is 0.722. The van der Waals surface area contributed by atoms with Crippen molar-refractivity contribution in [2.75, 3.05) is 6.54 Å². The van der Waals surface area contributed by atoms with Crippen LogP contribution in [0.5, 0.6) is 0 Å². The summed E-state index contributed by atoms with van der Waals surface area (Å²) in [6.07, 6.45) is 2.23. The van der Waals surface area contributed by atoms with Gasteiger partial charge in [0.1, 0.15) is 6.61 Å². The highest BCUT2D eigenvalue weighted by molar-refractivity contribution is 4.96. The summed E-state index contributed by atoms with van der Waals surface area (Å²) in [5.41, 5.74) is 0. The lowest BCUT2D eigenvalue weighted by molar-refractivity contribution is 0.170. The molecule has 1 aliphatic heterocycles. The fourth-order valence-electron chi connectivity index (χ4n) is 2.14. The molecule has 15 heavy (non-hydrogen) atoms. The molecule has 0 radical (unpaired) electrons. The van der Waals surface area contributed by atoms with Crippen LogP contribution in [-0.4, -0.2) is 32.7 Å². The maximum absolute atomic E-state index is 8.87. The van der Waals surface area contributed by atoms with Gasteiger partial charge in [-0.2, -0.15) is 4.98 Å². The molecule has 5 nitrogen and oxygen atoms in total. The van der Waals surface area contributed by atoms with Crippen molar-refractivity contribution in [1.29, 1.82) is 0 Å². The van der Waals surface area contributed by atoms with Crippen LogP contribution in [0.15, 0.2) is 4.52 Å². The topological polar surface area (TPSA) is 62.4 Å². The highest BCUT2D eigenvalue weighted by Crippen LogP contribution is 2.32. The van der Waals surface area contributed by atoms with E-state index >= 15 is 0 Å². The fourth-order valence-corrected chi connectivity index (χ4v) is 2.14. The van der Waals surface area contributed by atoms with Crippen LogP contribution in [0.2, 0.25) is 0 Å². The number of aromatic nitrogens is 2. The quantitative estimate of drug-likeness (QED) is 0.811. The van der Waals surface area contributed by atoms with Crippen LogP contribution < -0.4 is 0 Å². The van der Waals surface area contributed by atoms with Crippen LogP contribution in [0.4, 0.5) is 0 Å². The molecule has 1 atom stereocenters. The molecular weight excluding hydrogens is 194 g/mol. The molecule has 1 fully saturated rings. The van der Waals surface area contributed by atoms with E-state index in [-0.39, 0.29) is 12.6 Å². The second-order valence-corrected chi connectivity index (χ2v) is 4.20. The minimum atomic E-state index is -0.155. The van der Waals surface area contributed by atoms with Crippen LogP contribution in [0.25, 0.3) is 0 Å². The smallest absolute Gasteiger partial charge is 0.244 e. The number of hydrogen-bond donors (Lipinski definition) is 1. The number of nitrogens with zero attached hydrogens (tertiary/aromatic N) is 3. The van der Waals surface area contributed by atoms with Crippen LogP contribution in [0.3, 0.4) is 0 Å². The van der Waals surface area contributed by atoms with Gasteiger partial charge in [0.05, 0.1) is 6.04 Å². The van der Waals surface area contributed by atoms with Crippen molar-refractivity contribution in [2.24, 2.45) is 0 Å². The minimum absolute atomic E-state index is 0.155. The molecular formula is C10H17N3O2. The summed E-state index contributed by atoms with van der Waals surface area (Å²) in [6.45, 7) is 5.26. The molecule has 0 spiro atoms. The van der Waals surface area contributed by atoms with E-state index in [4.69, 9.17) is 9.63 Å². The van der Waals surface area contributed by atoms with Gasteiger partial charge in [-0.1, -0.05) is 5.16 Å². The Hall–Kier alpha value is -0.940. The molecule has 0 aromatic carbocycles. The Morgan fingerprint density at radius 3 is 3.00 bits per heavy atom. The van der Waals surface area contributed by atoms with E-state index in [1.165, 1.54) is 6.42 Å². The van der Waals surface area contributed by atoms with E-state index in [1.807, 2.05) is 0 Å². The molecule has 1 N–H and O–H groups in total. The minimum Gasteiger partial charge on any atom is -0.388 e. The summed E-state index contributed by atoms with van der Waals surface area (Å²) < 4.78 is 5.16. The van der Waals surface area contributed by atoms with Crippen molar-refractivity contribution < 1.29 is 9.63 Å². The van der Waals surface area contributed by atoms with Crippen LogP contribution >= 0.6 is 0 Å². The van der Waals surface area contributed by atoms with Crippen LogP contribution in [-0.2, 0) is 6.61 Å². The molecule has 2 heterocycles. The molecule has 0 aliphatic carbocycles. The standard InChI is InChI=1S/C10H17N3O2/c1-7(2)13-5-3-4-8(13)10-11-9(6-14)12-15-10/h7-8,14H,3-6H2,1-2H3. The second kappa shape index (κ2) is 4.28. The van der Waals surface area contributed by atoms with Crippen molar-refractivity contribution in [3.8, 4) is 0 Å². The van der Waals surface area contributed by atoms with E-state index in [0.29, 0.717) is 17.8 Å². The Kier molecular flexibility index (Phi) is 3.02. The van der Waals surface area contributed by atoms with Crippen molar-refractivity contribution in [1.82, 2.24) is 15.0 Å². The molecule has 1 unspecified atom stereocenters. The summed E-state index contributed by atoms with van der Waals surface area (Å²) in [4.78, 5) is 6.53. The lowest BCUT2D eigenvalue weighted by Crippen LogP contribution is -2.30. The number of hydrogen-bond acceptors (Lipinski definition) is 5. The van der Waals surface area contributed by atoms with E-state index in [9.17, 15) is 0 Å². The molecule has 1 saturated heterocycles. The van der Waals surface area contributed by atoms with Gasteiger partial charge in [0.25, 0.3) is 0 Å². The van der Waals surface area contributed by atoms with Gasteiger partial charge in [-0.3, -0.25) is 4.90 Å². The SMILES string of the molecule is CC(C)N1CCCC1c1nc(CO)no1. The van der Waals surface area contributed by atoms with Gasteiger partial charge in [-0.05, 0) is 33.2 Å². The van der Waals surface area contributed by atoms with Crippen molar-refractivity contribution in [2.45, 2.75) is 45.4 Å². The van der Waals surface area contributed by atoms with Gasteiger partial charge < -0.3 is 9.63 Å². The zero-order chi connectivity index (χ0) is 10.8. The van der Waals surface area contributed by atoms with Crippen LogP contribution in [0.1, 0.15) is 44.4 Å². The van der Waals surface area contributed by atoms with Crippen molar-refractivity contribution in [3.05, 3.63) is 11.7 Å².